The van der Waals surface area contributed by atoms with Gasteiger partial charge in [-0.3, -0.25) is 4.79 Å². The van der Waals surface area contributed by atoms with Crippen molar-refractivity contribution < 1.29 is 4.79 Å². The number of aromatic nitrogens is 2. The van der Waals surface area contributed by atoms with E-state index in [0.717, 1.165) is 16.9 Å². The molecule has 1 amide bonds. The van der Waals surface area contributed by atoms with Crippen LogP contribution in [0, 0.1) is 13.8 Å². The summed E-state index contributed by atoms with van der Waals surface area (Å²) in [6.45, 7) is 4.11. The van der Waals surface area contributed by atoms with Crippen molar-refractivity contribution in [2.45, 2.75) is 13.8 Å². The molecular formula is C19H18N4O. The first-order valence-electron chi connectivity index (χ1n) is 7.67. The van der Waals surface area contributed by atoms with E-state index in [4.69, 9.17) is 0 Å². The van der Waals surface area contributed by atoms with Crippen molar-refractivity contribution in [3.05, 3.63) is 77.5 Å². The van der Waals surface area contributed by atoms with E-state index >= 15 is 0 Å². The maximum absolute atomic E-state index is 12.1. The molecule has 0 fully saturated rings. The number of hydrogen-bond acceptors (Lipinski definition) is 4. The Hall–Kier alpha value is -3.21. The number of amides is 1. The lowest BCUT2D eigenvalue weighted by molar-refractivity contribution is 0.102. The Morgan fingerprint density at radius 2 is 1.67 bits per heavy atom. The number of nitrogens with one attached hydrogen (secondary N) is 2. The first-order chi connectivity index (χ1) is 11.6. The van der Waals surface area contributed by atoms with Crippen LogP contribution in [0.25, 0.3) is 0 Å². The van der Waals surface area contributed by atoms with Crippen molar-refractivity contribution >= 4 is 23.1 Å². The number of benzene rings is 2. The molecule has 0 aliphatic heterocycles. The van der Waals surface area contributed by atoms with Gasteiger partial charge in [0, 0.05) is 11.4 Å². The standard InChI is InChI=1S/C19H18N4O/c1-13-7-6-10-16(14(13)2)21-18-12-11-17(22-23-18)19(24)20-15-8-4-3-5-9-15/h3-12H,1-2H3,(H,20,24)(H,21,23). The largest absolute Gasteiger partial charge is 0.339 e. The van der Waals surface area contributed by atoms with Gasteiger partial charge in [0.1, 0.15) is 0 Å². The zero-order valence-electron chi connectivity index (χ0n) is 13.6. The predicted molar refractivity (Wildman–Crippen MR) is 95.6 cm³/mol. The first-order valence-corrected chi connectivity index (χ1v) is 7.67. The fourth-order valence-electron chi connectivity index (χ4n) is 2.26. The topological polar surface area (TPSA) is 66.9 Å². The molecule has 3 aromatic rings. The fraction of sp³-hybridized carbons (Fsp3) is 0.105. The third-order valence-corrected chi connectivity index (χ3v) is 3.80. The molecule has 0 unspecified atom stereocenters. The summed E-state index contributed by atoms with van der Waals surface area (Å²) >= 11 is 0. The van der Waals surface area contributed by atoms with Gasteiger partial charge in [0.25, 0.3) is 5.91 Å². The van der Waals surface area contributed by atoms with Gasteiger partial charge in [-0.05, 0) is 55.3 Å². The van der Waals surface area contributed by atoms with E-state index in [1.807, 2.05) is 49.4 Å². The Morgan fingerprint density at radius 1 is 0.875 bits per heavy atom. The maximum Gasteiger partial charge on any atom is 0.276 e. The number of rotatable bonds is 4. The summed E-state index contributed by atoms with van der Waals surface area (Å²) in [6, 6.07) is 18.7. The molecule has 2 N–H and O–H groups in total. The van der Waals surface area contributed by atoms with Crippen LogP contribution in [0.3, 0.4) is 0 Å². The Labute approximate surface area is 140 Å². The number of anilines is 3. The molecule has 0 aliphatic rings. The molecule has 0 atom stereocenters. The quantitative estimate of drug-likeness (QED) is 0.760. The Balaban J connectivity index is 1.71. The Bertz CT molecular complexity index is 845. The number of nitrogens with zero attached hydrogens (tertiary/aromatic N) is 2. The molecule has 0 bridgehead atoms. The highest BCUT2D eigenvalue weighted by molar-refractivity contribution is 6.02. The second kappa shape index (κ2) is 6.91. The van der Waals surface area contributed by atoms with Gasteiger partial charge < -0.3 is 10.6 Å². The van der Waals surface area contributed by atoms with Crippen molar-refractivity contribution in [3.8, 4) is 0 Å². The molecule has 5 nitrogen and oxygen atoms in total. The van der Waals surface area contributed by atoms with Crippen LogP contribution in [0.1, 0.15) is 21.6 Å². The smallest absolute Gasteiger partial charge is 0.276 e. The predicted octanol–water partition coefficient (Wildman–Crippen LogP) is 4.09. The van der Waals surface area contributed by atoms with E-state index < -0.39 is 0 Å². The number of carbonyl (C=O) groups excluding carboxylic acids is 1. The third-order valence-electron chi connectivity index (χ3n) is 3.80. The molecule has 120 valence electrons. The van der Waals surface area contributed by atoms with Crippen LogP contribution < -0.4 is 10.6 Å². The lowest BCUT2D eigenvalue weighted by atomic mass is 10.1. The van der Waals surface area contributed by atoms with Crippen LogP contribution in [-0.4, -0.2) is 16.1 Å². The van der Waals surface area contributed by atoms with E-state index in [1.165, 1.54) is 5.56 Å². The molecule has 0 aliphatic carbocycles. The third kappa shape index (κ3) is 3.57. The van der Waals surface area contributed by atoms with Crippen molar-refractivity contribution in [1.82, 2.24) is 10.2 Å². The molecular weight excluding hydrogens is 300 g/mol. The van der Waals surface area contributed by atoms with Crippen molar-refractivity contribution in [3.63, 3.8) is 0 Å². The van der Waals surface area contributed by atoms with Gasteiger partial charge in [0.15, 0.2) is 11.5 Å². The first kappa shape index (κ1) is 15.7. The summed E-state index contributed by atoms with van der Waals surface area (Å²) in [5.74, 6) is 0.312. The van der Waals surface area contributed by atoms with Crippen LogP contribution in [0.2, 0.25) is 0 Å². The SMILES string of the molecule is Cc1cccc(Nc2ccc(C(=O)Nc3ccccc3)nn2)c1C. The number of hydrogen-bond donors (Lipinski definition) is 2. The second-order valence-corrected chi connectivity index (χ2v) is 5.50. The zero-order valence-corrected chi connectivity index (χ0v) is 13.6. The molecule has 0 saturated heterocycles. The highest BCUT2D eigenvalue weighted by Gasteiger charge is 2.09. The zero-order chi connectivity index (χ0) is 16.9. The van der Waals surface area contributed by atoms with Crippen LogP contribution >= 0.6 is 0 Å². The van der Waals surface area contributed by atoms with Crippen LogP contribution in [0.15, 0.2) is 60.7 Å². The molecule has 1 aromatic heterocycles. The van der Waals surface area contributed by atoms with E-state index in [-0.39, 0.29) is 11.6 Å². The van der Waals surface area contributed by atoms with Gasteiger partial charge in [-0.15, -0.1) is 10.2 Å². The average Bonchev–Trinajstić information content (AvgIpc) is 2.60. The minimum Gasteiger partial charge on any atom is -0.339 e. The summed E-state index contributed by atoms with van der Waals surface area (Å²) in [7, 11) is 0. The van der Waals surface area contributed by atoms with Gasteiger partial charge in [0.2, 0.25) is 0 Å². The average molecular weight is 318 g/mol. The molecule has 5 heteroatoms. The fourth-order valence-corrected chi connectivity index (χ4v) is 2.26. The summed E-state index contributed by atoms with van der Waals surface area (Å²) < 4.78 is 0. The summed E-state index contributed by atoms with van der Waals surface area (Å²) in [5.41, 5.74) is 4.33. The Morgan fingerprint density at radius 3 is 2.38 bits per heavy atom. The van der Waals surface area contributed by atoms with Crippen LogP contribution in [-0.2, 0) is 0 Å². The van der Waals surface area contributed by atoms with Crippen molar-refractivity contribution in [2.24, 2.45) is 0 Å². The highest BCUT2D eigenvalue weighted by Crippen LogP contribution is 2.21. The summed E-state index contributed by atoms with van der Waals surface area (Å²) in [4.78, 5) is 12.1. The van der Waals surface area contributed by atoms with Gasteiger partial charge in [-0.1, -0.05) is 30.3 Å². The van der Waals surface area contributed by atoms with E-state index in [1.54, 1.807) is 12.1 Å². The molecule has 2 aromatic carbocycles. The van der Waals surface area contributed by atoms with Crippen LogP contribution in [0.4, 0.5) is 17.2 Å². The van der Waals surface area contributed by atoms with Crippen molar-refractivity contribution in [1.29, 1.82) is 0 Å². The van der Waals surface area contributed by atoms with Crippen molar-refractivity contribution in [2.75, 3.05) is 10.6 Å². The Kier molecular flexibility index (Phi) is 4.52. The number of aryl methyl sites for hydroxylation is 1. The lowest BCUT2D eigenvalue weighted by Gasteiger charge is -2.10. The van der Waals surface area contributed by atoms with Crippen LogP contribution in [0.5, 0.6) is 0 Å². The van der Waals surface area contributed by atoms with Gasteiger partial charge in [-0.25, -0.2) is 0 Å². The van der Waals surface area contributed by atoms with Gasteiger partial charge >= 0.3 is 0 Å². The van der Waals surface area contributed by atoms with E-state index in [9.17, 15) is 4.79 Å². The summed E-state index contributed by atoms with van der Waals surface area (Å²) in [5, 5.41) is 14.1. The maximum atomic E-state index is 12.1. The van der Waals surface area contributed by atoms with E-state index in [2.05, 4.69) is 33.8 Å². The minimum absolute atomic E-state index is 0.269. The monoisotopic (exact) mass is 318 g/mol. The van der Waals surface area contributed by atoms with Gasteiger partial charge in [0.05, 0.1) is 0 Å². The normalized spacial score (nSPS) is 10.2. The number of para-hydroxylation sites is 1. The molecule has 24 heavy (non-hydrogen) atoms. The summed E-state index contributed by atoms with van der Waals surface area (Å²) in [6.07, 6.45) is 0. The molecule has 3 rings (SSSR count). The lowest BCUT2D eigenvalue weighted by Crippen LogP contribution is -2.14. The molecule has 0 saturated carbocycles. The molecule has 1 heterocycles. The number of carbonyl (C=O) groups is 1. The second-order valence-electron chi connectivity index (χ2n) is 5.50. The van der Waals surface area contributed by atoms with E-state index in [0.29, 0.717) is 5.82 Å². The van der Waals surface area contributed by atoms with Gasteiger partial charge in [-0.2, -0.15) is 0 Å². The minimum atomic E-state index is -0.285. The highest BCUT2D eigenvalue weighted by atomic mass is 16.1. The molecule has 0 radical (unpaired) electrons. The molecule has 0 spiro atoms.